The molecule has 0 spiro atoms. The van der Waals surface area contributed by atoms with E-state index in [0.29, 0.717) is 11.5 Å². The highest BCUT2D eigenvalue weighted by molar-refractivity contribution is 5.44. The number of rotatable bonds is 4. The molecule has 0 saturated carbocycles. The van der Waals surface area contributed by atoms with Gasteiger partial charge in [-0.3, -0.25) is 4.90 Å². The number of benzene rings is 1. The Labute approximate surface area is 114 Å². The van der Waals surface area contributed by atoms with Crippen LogP contribution in [0.5, 0.6) is 11.5 Å². The molecule has 0 aliphatic carbocycles. The molecule has 1 saturated heterocycles. The second kappa shape index (κ2) is 6.44. The summed E-state index contributed by atoms with van der Waals surface area (Å²) in [5, 5.41) is 9.46. The molecule has 1 aliphatic heterocycles. The number of nitriles is 1. The molecule has 1 atom stereocenters. The van der Waals surface area contributed by atoms with Crippen LogP contribution in [0.4, 0.5) is 0 Å². The van der Waals surface area contributed by atoms with E-state index >= 15 is 0 Å². The lowest BCUT2D eigenvalue weighted by molar-refractivity contribution is 0.196. The molecule has 4 nitrogen and oxygen atoms in total. The number of likely N-dealkylation sites (tertiary alicyclic amines) is 1. The van der Waals surface area contributed by atoms with Crippen LogP contribution in [-0.2, 0) is 0 Å². The molecule has 0 amide bonds. The van der Waals surface area contributed by atoms with Gasteiger partial charge in [0, 0.05) is 0 Å². The van der Waals surface area contributed by atoms with Gasteiger partial charge in [-0.1, -0.05) is 12.5 Å². The molecule has 1 aromatic carbocycles. The van der Waals surface area contributed by atoms with Crippen LogP contribution in [0.2, 0.25) is 0 Å². The highest BCUT2D eigenvalue weighted by Crippen LogP contribution is 2.32. The summed E-state index contributed by atoms with van der Waals surface area (Å²) >= 11 is 0. The molecule has 1 aliphatic rings. The Morgan fingerprint density at radius 1 is 1.11 bits per heavy atom. The minimum Gasteiger partial charge on any atom is -0.493 e. The van der Waals surface area contributed by atoms with Crippen LogP contribution >= 0.6 is 0 Å². The third kappa shape index (κ3) is 2.99. The van der Waals surface area contributed by atoms with Gasteiger partial charge in [-0.25, -0.2) is 0 Å². The summed E-state index contributed by atoms with van der Waals surface area (Å²) in [6, 6.07) is 7.93. The summed E-state index contributed by atoms with van der Waals surface area (Å²) in [5.41, 5.74) is 0.974. The van der Waals surface area contributed by atoms with Gasteiger partial charge in [-0.05, 0) is 43.6 Å². The van der Waals surface area contributed by atoms with Crippen molar-refractivity contribution in [3.63, 3.8) is 0 Å². The monoisotopic (exact) mass is 260 g/mol. The van der Waals surface area contributed by atoms with Crippen molar-refractivity contribution in [2.75, 3.05) is 27.3 Å². The molecule has 0 N–H and O–H groups in total. The van der Waals surface area contributed by atoms with Gasteiger partial charge < -0.3 is 9.47 Å². The van der Waals surface area contributed by atoms with Gasteiger partial charge in [0.1, 0.15) is 6.04 Å². The van der Waals surface area contributed by atoms with E-state index in [9.17, 15) is 5.26 Å². The SMILES string of the molecule is COc1ccc([C@@H](C#N)N2CCCCC2)cc1OC. The molecule has 0 aromatic heterocycles. The second-order valence-electron chi connectivity index (χ2n) is 4.74. The van der Waals surface area contributed by atoms with E-state index in [1.807, 2.05) is 18.2 Å². The lowest BCUT2D eigenvalue weighted by Gasteiger charge is -2.30. The highest BCUT2D eigenvalue weighted by Gasteiger charge is 2.22. The lowest BCUT2D eigenvalue weighted by Crippen LogP contribution is -2.33. The minimum atomic E-state index is -0.194. The first-order chi connectivity index (χ1) is 9.30. The van der Waals surface area contributed by atoms with Crippen LogP contribution in [-0.4, -0.2) is 32.2 Å². The first-order valence-corrected chi connectivity index (χ1v) is 6.65. The Bertz CT molecular complexity index is 462. The number of ether oxygens (including phenoxy) is 2. The van der Waals surface area contributed by atoms with Crippen molar-refractivity contribution in [1.29, 1.82) is 5.26 Å². The predicted molar refractivity (Wildman–Crippen MR) is 73.3 cm³/mol. The minimum absolute atomic E-state index is 0.194. The number of hydrogen-bond acceptors (Lipinski definition) is 4. The molecule has 0 bridgehead atoms. The van der Waals surface area contributed by atoms with Crippen LogP contribution in [0.25, 0.3) is 0 Å². The predicted octanol–water partition coefficient (Wildman–Crippen LogP) is 2.75. The molecule has 4 heteroatoms. The molecule has 0 unspecified atom stereocenters. The Hall–Kier alpha value is -1.73. The van der Waals surface area contributed by atoms with Crippen LogP contribution in [0.3, 0.4) is 0 Å². The van der Waals surface area contributed by atoms with E-state index in [0.717, 1.165) is 18.7 Å². The molecule has 0 radical (unpaired) electrons. The zero-order valence-corrected chi connectivity index (χ0v) is 11.6. The normalized spacial score (nSPS) is 17.5. The van der Waals surface area contributed by atoms with Gasteiger partial charge in [0.15, 0.2) is 11.5 Å². The van der Waals surface area contributed by atoms with Gasteiger partial charge in [0.2, 0.25) is 0 Å². The Kier molecular flexibility index (Phi) is 4.64. The number of hydrogen-bond donors (Lipinski definition) is 0. The molecule has 1 aromatic rings. The van der Waals surface area contributed by atoms with Gasteiger partial charge in [0.25, 0.3) is 0 Å². The first-order valence-electron chi connectivity index (χ1n) is 6.65. The molecular formula is C15H20N2O2. The summed E-state index contributed by atoms with van der Waals surface area (Å²) in [6.07, 6.45) is 3.61. The van der Waals surface area contributed by atoms with Crippen molar-refractivity contribution in [3.8, 4) is 17.6 Å². The maximum Gasteiger partial charge on any atom is 0.161 e. The fraction of sp³-hybridized carbons (Fsp3) is 0.533. The third-order valence-corrected chi connectivity index (χ3v) is 3.60. The molecule has 102 valence electrons. The van der Waals surface area contributed by atoms with Crippen molar-refractivity contribution in [1.82, 2.24) is 4.90 Å². The summed E-state index contributed by atoms with van der Waals surface area (Å²) in [5.74, 6) is 1.37. The Balaban J connectivity index is 2.25. The van der Waals surface area contributed by atoms with Crippen molar-refractivity contribution in [2.45, 2.75) is 25.3 Å². The van der Waals surface area contributed by atoms with Crippen LogP contribution in [0.1, 0.15) is 30.9 Å². The maximum absolute atomic E-state index is 9.46. The fourth-order valence-corrected chi connectivity index (χ4v) is 2.57. The highest BCUT2D eigenvalue weighted by atomic mass is 16.5. The smallest absolute Gasteiger partial charge is 0.161 e. The van der Waals surface area contributed by atoms with E-state index in [1.165, 1.54) is 19.3 Å². The number of piperidine rings is 1. The van der Waals surface area contributed by atoms with Crippen LogP contribution < -0.4 is 9.47 Å². The molecular weight excluding hydrogens is 240 g/mol. The van der Waals surface area contributed by atoms with E-state index in [4.69, 9.17) is 9.47 Å². The number of methoxy groups -OCH3 is 2. The zero-order valence-electron chi connectivity index (χ0n) is 11.6. The van der Waals surface area contributed by atoms with E-state index in [-0.39, 0.29) is 6.04 Å². The van der Waals surface area contributed by atoms with Gasteiger partial charge in [0.05, 0.1) is 20.3 Å². The molecule has 1 heterocycles. The summed E-state index contributed by atoms with van der Waals surface area (Å²) in [4.78, 5) is 2.24. The zero-order chi connectivity index (χ0) is 13.7. The van der Waals surface area contributed by atoms with Crippen LogP contribution in [0.15, 0.2) is 18.2 Å². The topological polar surface area (TPSA) is 45.5 Å². The Morgan fingerprint density at radius 3 is 2.37 bits per heavy atom. The largest absolute Gasteiger partial charge is 0.493 e. The van der Waals surface area contributed by atoms with Crippen LogP contribution in [0, 0.1) is 11.3 Å². The summed E-state index contributed by atoms with van der Waals surface area (Å²) in [6.45, 7) is 1.99. The van der Waals surface area contributed by atoms with E-state index < -0.39 is 0 Å². The van der Waals surface area contributed by atoms with Crippen molar-refractivity contribution in [2.24, 2.45) is 0 Å². The standard InChI is InChI=1S/C15H20N2O2/c1-18-14-7-6-12(10-15(14)19-2)13(11-16)17-8-4-3-5-9-17/h6-7,10,13H,3-5,8-9H2,1-2H3/t13-/m1/s1. The quantitative estimate of drug-likeness (QED) is 0.835. The van der Waals surface area contributed by atoms with Gasteiger partial charge in [-0.2, -0.15) is 5.26 Å². The average molecular weight is 260 g/mol. The summed E-state index contributed by atoms with van der Waals surface area (Å²) in [7, 11) is 3.23. The first kappa shape index (κ1) is 13.7. The van der Waals surface area contributed by atoms with Crippen molar-refractivity contribution in [3.05, 3.63) is 23.8 Å². The molecule has 2 rings (SSSR count). The molecule has 19 heavy (non-hydrogen) atoms. The van der Waals surface area contributed by atoms with E-state index in [1.54, 1.807) is 14.2 Å². The average Bonchev–Trinajstić information content (AvgIpc) is 2.49. The van der Waals surface area contributed by atoms with Crippen molar-refractivity contribution < 1.29 is 9.47 Å². The Morgan fingerprint density at radius 2 is 1.79 bits per heavy atom. The number of nitrogens with zero attached hydrogens (tertiary/aromatic N) is 2. The van der Waals surface area contributed by atoms with Gasteiger partial charge >= 0.3 is 0 Å². The fourth-order valence-electron chi connectivity index (χ4n) is 2.57. The molecule has 1 fully saturated rings. The lowest BCUT2D eigenvalue weighted by atomic mass is 10.0. The summed E-state index contributed by atoms with van der Waals surface area (Å²) < 4.78 is 10.5. The van der Waals surface area contributed by atoms with Crippen molar-refractivity contribution >= 4 is 0 Å². The van der Waals surface area contributed by atoms with Gasteiger partial charge in [-0.15, -0.1) is 0 Å². The maximum atomic E-state index is 9.46. The second-order valence-corrected chi connectivity index (χ2v) is 4.74. The van der Waals surface area contributed by atoms with E-state index in [2.05, 4.69) is 11.0 Å². The third-order valence-electron chi connectivity index (χ3n) is 3.60.